The Hall–Kier alpha value is -2.10. The van der Waals surface area contributed by atoms with Crippen LogP contribution in [0, 0.1) is 5.92 Å². The molecule has 0 N–H and O–H groups in total. The smallest absolute Gasteiger partial charge is 0.226 e. The van der Waals surface area contributed by atoms with Gasteiger partial charge in [0.15, 0.2) is 0 Å². The Morgan fingerprint density at radius 1 is 1.22 bits per heavy atom. The first-order chi connectivity index (χ1) is 11.2. The van der Waals surface area contributed by atoms with Gasteiger partial charge < -0.3 is 4.90 Å². The first-order valence-electron chi connectivity index (χ1n) is 8.57. The summed E-state index contributed by atoms with van der Waals surface area (Å²) in [7, 11) is 1.94. The first kappa shape index (κ1) is 14.5. The van der Waals surface area contributed by atoms with Crippen molar-refractivity contribution in [2.75, 3.05) is 6.54 Å². The molecule has 2 aliphatic rings. The molecular weight excluding hydrogens is 286 g/mol. The molecule has 1 saturated carbocycles. The Balaban J connectivity index is 1.66. The lowest BCUT2D eigenvalue weighted by Gasteiger charge is -2.35. The van der Waals surface area contributed by atoms with E-state index in [1.54, 1.807) is 0 Å². The van der Waals surface area contributed by atoms with Crippen LogP contribution in [0.25, 0.3) is 0 Å². The summed E-state index contributed by atoms with van der Waals surface area (Å²) in [6.07, 6.45) is 8.54. The Bertz CT molecular complexity index is 715. The Kier molecular flexibility index (Phi) is 3.68. The van der Waals surface area contributed by atoms with Gasteiger partial charge in [-0.25, -0.2) is 0 Å². The largest absolute Gasteiger partial charge is 0.337 e. The van der Waals surface area contributed by atoms with Crippen LogP contribution in [0.1, 0.15) is 48.3 Å². The number of nitrogens with zero attached hydrogens (tertiary/aromatic N) is 3. The summed E-state index contributed by atoms with van der Waals surface area (Å²) in [5, 5.41) is 4.33. The second-order valence-corrected chi connectivity index (χ2v) is 6.90. The van der Waals surface area contributed by atoms with Crippen molar-refractivity contribution in [1.82, 2.24) is 14.7 Å². The number of rotatable bonds is 2. The molecule has 1 aliphatic heterocycles. The van der Waals surface area contributed by atoms with Crippen LogP contribution < -0.4 is 0 Å². The zero-order valence-corrected chi connectivity index (χ0v) is 13.6. The van der Waals surface area contributed by atoms with Crippen molar-refractivity contribution in [2.45, 2.75) is 38.1 Å². The van der Waals surface area contributed by atoms with Crippen LogP contribution in [0.5, 0.6) is 0 Å². The van der Waals surface area contributed by atoms with Crippen molar-refractivity contribution in [1.29, 1.82) is 0 Å². The van der Waals surface area contributed by atoms with E-state index in [1.165, 1.54) is 29.5 Å². The highest BCUT2D eigenvalue weighted by molar-refractivity contribution is 5.79. The summed E-state index contributed by atoms with van der Waals surface area (Å²) in [5.41, 5.74) is 3.82. The quantitative estimate of drug-likeness (QED) is 0.855. The summed E-state index contributed by atoms with van der Waals surface area (Å²) >= 11 is 0. The Labute approximate surface area is 137 Å². The molecule has 1 fully saturated rings. The minimum atomic E-state index is 0.235. The third-order valence-electron chi connectivity index (χ3n) is 5.34. The normalized spacial score (nSPS) is 21.4. The molecule has 1 aliphatic carbocycles. The Morgan fingerprint density at radius 2 is 2.00 bits per heavy atom. The van der Waals surface area contributed by atoms with Gasteiger partial charge in [-0.05, 0) is 29.5 Å². The van der Waals surface area contributed by atoms with E-state index in [0.29, 0.717) is 5.91 Å². The fourth-order valence-corrected chi connectivity index (χ4v) is 4.11. The molecule has 0 saturated heterocycles. The number of benzene rings is 1. The third kappa shape index (κ3) is 2.67. The van der Waals surface area contributed by atoms with Crippen LogP contribution >= 0.6 is 0 Å². The molecule has 0 spiro atoms. The average Bonchev–Trinajstić information content (AvgIpc) is 3.24. The predicted octanol–water partition coefficient (Wildman–Crippen LogP) is 3.08. The molecule has 23 heavy (non-hydrogen) atoms. The number of fused-ring (bicyclic) bond motifs is 1. The first-order valence-corrected chi connectivity index (χ1v) is 8.57. The molecule has 120 valence electrons. The highest BCUT2D eigenvalue weighted by Gasteiger charge is 2.33. The van der Waals surface area contributed by atoms with E-state index in [2.05, 4.69) is 40.5 Å². The van der Waals surface area contributed by atoms with Gasteiger partial charge in [-0.15, -0.1) is 0 Å². The number of carbonyl (C=O) groups excluding carboxylic acids is 1. The van der Waals surface area contributed by atoms with Gasteiger partial charge in [0.2, 0.25) is 5.91 Å². The van der Waals surface area contributed by atoms with Gasteiger partial charge in [-0.3, -0.25) is 9.48 Å². The van der Waals surface area contributed by atoms with E-state index in [9.17, 15) is 4.79 Å². The van der Waals surface area contributed by atoms with Crippen LogP contribution in [0.2, 0.25) is 0 Å². The number of hydrogen-bond acceptors (Lipinski definition) is 2. The fraction of sp³-hybridized carbons (Fsp3) is 0.474. The average molecular weight is 309 g/mol. The number of amides is 1. The lowest BCUT2D eigenvalue weighted by molar-refractivity contribution is -0.136. The molecule has 1 atom stereocenters. The van der Waals surface area contributed by atoms with Crippen molar-refractivity contribution in [3.05, 3.63) is 53.3 Å². The van der Waals surface area contributed by atoms with Crippen LogP contribution in [0.3, 0.4) is 0 Å². The van der Waals surface area contributed by atoms with E-state index < -0.39 is 0 Å². The van der Waals surface area contributed by atoms with Crippen LogP contribution in [-0.4, -0.2) is 27.1 Å². The van der Waals surface area contributed by atoms with Crippen molar-refractivity contribution in [3.63, 3.8) is 0 Å². The maximum Gasteiger partial charge on any atom is 0.226 e. The summed E-state index contributed by atoms with van der Waals surface area (Å²) in [6.45, 7) is 1.53. The minimum Gasteiger partial charge on any atom is -0.337 e. The fourth-order valence-electron chi connectivity index (χ4n) is 4.11. The zero-order valence-electron chi connectivity index (χ0n) is 13.6. The van der Waals surface area contributed by atoms with E-state index in [4.69, 9.17) is 0 Å². The summed E-state index contributed by atoms with van der Waals surface area (Å²) in [5.74, 6) is 0.833. The maximum absolute atomic E-state index is 12.9. The molecular formula is C19H23N3O. The van der Waals surface area contributed by atoms with Gasteiger partial charge in [0, 0.05) is 38.2 Å². The van der Waals surface area contributed by atoms with Gasteiger partial charge in [0.05, 0.1) is 6.20 Å². The maximum atomic E-state index is 12.9. The molecule has 2 heterocycles. The molecule has 1 amide bonds. The predicted molar refractivity (Wildman–Crippen MR) is 88.9 cm³/mol. The van der Waals surface area contributed by atoms with Crippen molar-refractivity contribution in [2.24, 2.45) is 13.0 Å². The number of hydrogen-bond donors (Lipinski definition) is 0. The molecule has 4 nitrogen and oxygen atoms in total. The van der Waals surface area contributed by atoms with Crippen molar-refractivity contribution in [3.8, 4) is 0 Å². The van der Waals surface area contributed by atoms with E-state index >= 15 is 0 Å². The van der Waals surface area contributed by atoms with Gasteiger partial charge >= 0.3 is 0 Å². The molecule has 1 unspecified atom stereocenters. The minimum absolute atomic E-state index is 0.235. The van der Waals surface area contributed by atoms with Gasteiger partial charge in [-0.1, -0.05) is 37.1 Å². The highest BCUT2D eigenvalue weighted by atomic mass is 16.2. The SMILES string of the molecule is Cn1cc(C2CN(C(=O)C3CCCC3)Cc3ccccc32)cn1. The second kappa shape index (κ2) is 5.84. The lowest BCUT2D eigenvalue weighted by atomic mass is 9.85. The highest BCUT2D eigenvalue weighted by Crippen LogP contribution is 2.35. The summed E-state index contributed by atoms with van der Waals surface area (Å²) < 4.78 is 1.84. The van der Waals surface area contributed by atoms with Crippen LogP contribution in [0.15, 0.2) is 36.7 Å². The van der Waals surface area contributed by atoms with E-state index in [-0.39, 0.29) is 11.8 Å². The van der Waals surface area contributed by atoms with Gasteiger partial charge in [-0.2, -0.15) is 5.10 Å². The monoisotopic (exact) mass is 309 g/mol. The van der Waals surface area contributed by atoms with E-state index in [1.807, 2.05) is 17.9 Å². The van der Waals surface area contributed by atoms with Gasteiger partial charge in [0.1, 0.15) is 0 Å². The summed E-state index contributed by atoms with van der Waals surface area (Å²) in [6, 6.07) is 8.52. The van der Waals surface area contributed by atoms with Gasteiger partial charge in [0.25, 0.3) is 0 Å². The molecule has 1 aromatic carbocycles. The van der Waals surface area contributed by atoms with Crippen LogP contribution in [0.4, 0.5) is 0 Å². The lowest BCUT2D eigenvalue weighted by Crippen LogP contribution is -2.41. The number of aromatic nitrogens is 2. The zero-order chi connectivity index (χ0) is 15.8. The summed E-state index contributed by atoms with van der Waals surface area (Å²) in [4.78, 5) is 15.0. The standard InChI is InChI=1S/C19H23N3O/c1-21-11-16(10-20-21)18-13-22(19(23)14-6-2-3-7-14)12-15-8-4-5-9-17(15)18/h4-5,8-11,14,18H,2-3,6-7,12-13H2,1H3. The van der Waals surface area contributed by atoms with Crippen molar-refractivity contribution < 1.29 is 4.79 Å². The molecule has 1 aromatic heterocycles. The number of carbonyl (C=O) groups is 1. The number of aryl methyl sites for hydroxylation is 1. The topological polar surface area (TPSA) is 38.1 Å². The molecule has 2 aromatic rings. The Morgan fingerprint density at radius 3 is 2.74 bits per heavy atom. The van der Waals surface area contributed by atoms with E-state index in [0.717, 1.165) is 25.9 Å². The second-order valence-electron chi connectivity index (χ2n) is 6.90. The molecule has 4 heteroatoms. The molecule has 0 bridgehead atoms. The third-order valence-corrected chi connectivity index (χ3v) is 5.34. The van der Waals surface area contributed by atoms with Crippen molar-refractivity contribution >= 4 is 5.91 Å². The van der Waals surface area contributed by atoms with Crippen LogP contribution in [-0.2, 0) is 18.4 Å². The molecule has 0 radical (unpaired) electrons. The molecule has 4 rings (SSSR count).